The summed E-state index contributed by atoms with van der Waals surface area (Å²) in [6.07, 6.45) is -1.19. The molecule has 3 N–H and O–H groups in total. The van der Waals surface area contributed by atoms with Crippen molar-refractivity contribution in [1.29, 1.82) is 0 Å². The van der Waals surface area contributed by atoms with Crippen molar-refractivity contribution in [2.45, 2.75) is 43.9 Å². The third-order valence-corrected chi connectivity index (χ3v) is 4.71. The van der Waals surface area contributed by atoms with Crippen LogP contribution < -0.4 is 11.1 Å². The molecule has 3 rings (SSSR count). The summed E-state index contributed by atoms with van der Waals surface area (Å²) in [5.41, 5.74) is 8.34. The molecule has 0 aliphatic heterocycles. The van der Waals surface area contributed by atoms with Crippen molar-refractivity contribution in [2.75, 3.05) is 0 Å². The number of nitrogens with one attached hydrogen (secondary N) is 1. The van der Waals surface area contributed by atoms with E-state index in [9.17, 15) is 18.0 Å². The molecule has 1 aliphatic carbocycles. The number of hydrogen-bond donors (Lipinski definition) is 2. The molecule has 0 spiro atoms. The van der Waals surface area contributed by atoms with Crippen LogP contribution in [0, 0.1) is 0 Å². The summed E-state index contributed by atoms with van der Waals surface area (Å²) in [5, 5.41) is 2.13. The Bertz CT molecular complexity index is 774. The van der Waals surface area contributed by atoms with Crippen LogP contribution >= 0.6 is 0 Å². The Labute approximate surface area is 150 Å². The van der Waals surface area contributed by atoms with E-state index in [1.807, 2.05) is 6.07 Å². The molecule has 1 aliphatic rings. The molecular weight excluding hydrogens is 341 g/mol. The molecule has 0 aromatic heterocycles. The van der Waals surface area contributed by atoms with Gasteiger partial charge in [0, 0.05) is 11.6 Å². The second kappa shape index (κ2) is 7.50. The first kappa shape index (κ1) is 18.5. The molecule has 2 atom stereocenters. The van der Waals surface area contributed by atoms with Crippen LogP contribution in [0.1, 0.15) is 45.9 Å². The SMILES string of the molecule is NC1CCCc2ccc(C(=O)NC(c3ccccc3)C(F)(F)F)cc2C1. The maximum atomic E-state index is 13.4. The van der Waals surface area contributed by atoms with Crippen molar-refractivity contribution < 1.29 is 18.0 Å². The van der Waals surface area contributed by atoms with Crippen LogP contribution in [0.3, 0.4) is 0 Å². The lowest BCUT2D eigenvalue weighted by molar-refractivity contribution is -0.155. The molecule has 0 heterocycles. The molecule has 0 fully saturated rings. The van der Waals surface area contributed by atoms with Crippen LogP contribution in [0.4, 0.5) is 13.2 Å². The van der Waals surface area contributed by atoms with Crippen molar-refractivity contribution in [3.63, 3.8) is 0 Å². The normalized spacial score (nSPS) is 18.5. The highest BCUT2D eigenvalue weighted by Crippen LogP contribution is 2.33. The van der Waals surface area contributed by atoms with Gasteiger partial charge in [-0.05, 0) is 54.5 Å². The van der Waals surface area contributed by atoms with Gasteiger partial charge >= 0.3 is 6.18 Å². The Morgan fingerprint density at radius 2 is 1.85 bits per heavy atom. The number of carbonyl (C=O) groups excluding carboxylic acids is 1. The van der Waals surface area contributed by atoms with Crippen molar-refractivity contribution in [2.24, 2.45) is 5.73 Å². The van der Waals surface area contributed by atoms with Crippen LogP contribution in [0.25, 0.3) is 0 Å². The van der Waals surface area contributed by atoms with E-state index >= 15 is 0 Å². The Kier molecular flexibility index (Phi) is 5.32. The summed E-state index contributed by atoms with van der Waals surface area (Å²) >= 11 is 0. The van der Waals surface area contributed by atoms with Crippen LogP contribution in [-0.2, 0) is 12.8 Å². The minimum Gasteiger partial charge on any atom is -0.337 e. The molecule has 0 saturated carbocycles. The molecule has 26 heavy (non-hydrogen) atoms. The van der Waals surface area contributed by atoms with E-state index in [4.69, 9.17) is 5.73 Å². The zero-order chi connectivity index (χ0) is 18.7. The van der Waals surface area contributed by atoms with Gasteiger partial charge in [-0.1, -0.05) is 36.4 Å². The molecule has 6 heteroatoms. The highest BCUT2D eigenvalue weighted by atomic mass is 19.4. The van der Waals surface area contributed by atoms with Crippen molar-refractivity contribution in [3.8, 4) is 0 Å². The topological polar surface area (TPSA) is 55.1 Å². The summed E-state index contributed by atoms with van der Waals surface area (Å²) < 4.78 is 40.3. The Morgan fingerprint density at radius 3 is 2.54 bits per heavy atom. The summed E-state index contributed by atoms with van der Waals surface area (Å²) in [6, 6.07) is 10.4. The van der Waals surface area contributed by atoms with Gasteiger partial charge in [-0.25, -0.2) is 0 Å². The third kappa shape index (κ3) is 4.25. The first-order chi connectivity index (χ1) is 12.3. The lowest BCUT2D eigenvalue weighted by atomic mass is 9.98. The minimum atomic E-state index is -4.58. The summed E-state index contributed by atoms with van der Waals surface area (Å²) in [4.78, 5) is 12.5. The third-order valence-electron chi connectivity index (χ3n) is 4.71. The molecule has 1 amide bonds. The Morgan fingerprint density at radius 1 is 1.12 bits per heavy atom. The number of aryl methyl sites for hydroxylation is 1. The lowest BCUT2D eigenvalue weighted by Gasteiger charge is -2.22. The highest BCUT2D eigenvalue weighted by molar-refractivity contribution is 5.94. The van der Waals surface area contributed by atoms with Crippen LogP contribution in [-0.4, -0.2) is 18.1 Å². The quantitative estimate of drug-likeness (QED) is 0.813. The van der Waals surface area contributed by atoms with Crippen molar-refractivity contribution in [3.05, 3.63) is 70.8 Å². The standard InChI is InChI=1S/C20H21F3N2O/c21-20(22,23)18(14-5-2-1-3-6-14)25-19(26)15-10-9-13-7-4-8-17(24)12-16(13)11-15/h1-3,5-6,9-11,17-18H,4,7-8,12,24H2,(H,25,26). The van der Waals surface area contributed by atoms with Gasteiger partial charge in [0.05, 0.1) is 0 Å². The number of nitrogens with two attached hydrogens (primary N) is 1. The van der Waals surface area contributed by atoms with Crippen molar-refractivity contribution >= 4 is 5.91 Å². The number of fused-ring (bicyclic) bond motifs is 1. The molecule has 138 valence electrons. The fourth-order valence-corrected chi connectivity index (χ4v) is 3.35. The number of amides is 1. The molecule has 0 radical (unpaired) electrons. The van der Waals surface area contributed by atoms with Crippen LogP contribution in [0.2, 0.25) is 0 Å². The number of benzene rings is 2. The van der Waals surface area contributed by atoms with E-state index in [1.54, 1.807) is 18.2 Å². The first-order valence-corrected chi connectivity index (χ1v) is 8.64. The van der Waals surface area contributed by atoms with Gasteiger partial charge in [-0.3, -0.25) is 4.79 Å². The van der Waals surface area contributed by atoms with Gasteiger partial charge in [-0.15, -0.1) is 0 Å². The summed E-state index contributed by atoms with van der Waals surface area (Å²) in [5.74, 6) is -0.739. The lowest BCUT2D eigenvalue weighted by Crippen LogP contribution is -2.38. The smallest absolute Gasteiger partial charge is 0.337 e. The van der Waals surface area contributed by atoms with Crippen LogP contribution in [0.15, 0.2) is 48.5 Å². The monoisotopic (exact) mass is 362 g/mol. The number of alkyl halides is 3. The van der Waals surface area contributed by atoms with E-state index in [2.05, 4.69) is 5.32 Å². The first-order valence-electron chi connectivity index (χ1n) is 8.64. The molecule has 2 aromatic rings. The van der Waals surface area contributed by atoms with Gasteiger partial charge in [-0.2, -0.15) is 13.2 Å². The number of carbonyl (C=O) groups is 1. The van der Waals surface area contributed by atoms with Crippen molar-refractivity contribution in [1.82, 2.24) is 5.32 Å². The summed E-state index contributed by atoms with van der Waals surface area (Å²) in [6.45, 7) is 0. The predicted octanol–water partition coefficient (Wildman–Crippen LogP) is 3.93. The molecular formula is C20H21F3N2O. The van der Waals surface area contributed by atoms with Gasteiger partial charge in [0.25, 0.3) is 5.91 Å². The second-order valence-corrected chi connectivity index (χ2v) is 6.70. The fourth-order valence-electron chi connectivity index (χ4n) is 3.35. The van der Waals surface area contributed by atoms with E-state index in [-0.39, 0.29) is 17.2 Å². The largest absolute Gasteiger partial charge is 0.412 e. The van der Waals surface area contributed by atoms with Gasteiger partial charge < -0.3 is 11.1 Å². The fraction of sp³-hybridized carbons (Fsp3) is 0.350. The Hall–Kier alpha value is -2.34. The zero-order valence-electron chi connectivity index (χ0n) is 14.2. The molecule has 3 nitrogen and oxygen atoms in total. The second-order valence-electron chi connectivity index (χ2n) is 6.70. The average molecular weight is 362 g/mol. The van der Waals surface area contributed by atoms with E-state index in [1.165, 1.54) is 24.3 Å². The van der Waals surface area contributed by atoms with E-state index < -0.39 is 18.1 Å². The van der Waals surface area contributed by atoms with Gasteiger partial charge in [0.1, 0.15) is 0 Å². The molecule has 2 aromatic carbocycles. The molecule has 0 saturated heterocycles. The average Bonchev–Trinajstić information content (AvgIpc) is 2.79. The molecule has 2 unspecified atom stereocenters. The Balaban J connectivity index is 1.84. The zero-order valence-corrected chi connectivity index (χ0v) is 14.2. The van der Waals surface area contributed by atoms with Gasteiger partial charge in [0.15, 0.2) is 6.04 Å². The maximum absolute atomic E-state index is 13.4. The number of halogens is 3. The highest BCUT2D eigenvalue weighted by Gasteiger charge is 2.41. The molecule has 0 bridgehead atoms. The van der Waals surface area contributed by atoms with Crippen LogP contribution in [0.5, 0.6) is 0 Å². The van der Waals surface area contributed by atoms with E-state index in [0.717, 1.165) is 30.4 Å². The maximum Gasteiger partial charge on any atom is 0.412 e. The predicted molar refractivity (Wildman–Crippen MR) is 93.8 cm³/mol. The van der Waals surface area contributed by atoms with Gasteiger partial charge in [0.2, 0.25) is 0 Å². The number of hydrogen-bond acceptors (Lipinski definition) is 2. The number of rotatable bonds is 3. The minimum absolute atomic E-state index is 0.00475. The summed E-state index contributed by atoms with van der Waals surface area (Å²) in [7, 11) is 0. The van der Waals surface area contributed by atoms with E-state index in [0.29, 0.717) is 6.42 Å².